The quantitative estimate of drug-likeness (QED) is 0.442. The third-order valence-corrected chi connectivity index (χ3v) is 6.76. The molecule has 0 aromatic heterocycles. The van der Waals surface area contributed by atoms with Crippen LogP contribution in [0.4, 0.5) is 20.6 Å². The smallest absolute Gasteiger partial charge is 0.329 e. The van der Waals surface area contributed by atoms with Crippen LogP contribution in [0.1, 0.15) is 51.2 Å². The van der Waals surface area contributed by atoms with Gasteiger partial charge in [-0.25, -0.2) is 14.1 Å². The molecule has 184 valence electrons. The van der Waals surface area contributed by atoms with E-state index in [0.29, 0.717) is 10.7 Å². The molecule has 2 aromatic carbocycles. The lowest BCUT2D eigenvalue weighted by Gasteiger charge is -2.47. The third-order valence-electron chi connectivity index (χ3n) is 6.51. The molecule has 0 spiro atoms. The van der Waals surface area contributed by atoms with Crippen LogP contribution in [0.25, 0.3) is 6.08 Å². The van der Waals surface area contributed by atoms with E-state index in [4.69, 9.17) is 11.6 Å². The largest absolute Gasteiger partial charge is 0.366 e. The summed E-state index contributed by atoms with van der Waals surface area (Å²) in [6, 6.07) is 8.95. The Morgan fingerprint density at radius 2 is 1.94 bits per heavy atom. The zero-order valence-electron chi connectivity index (χ0n) is 20.1. The van der Waals surface area contributed by atoms with Gasteiger partial charge in [0.15, 0.2) is 0 Å². The van der Waals surface area contributed by atoms with E-state index in [1.165, 1.54) is 12.1 Å². The van der Waals surface area contributed by atoms with Gasteiger partial charge >= 0.3 is 6.03 Å². The lowest BCUT2D eigenvalue weighted by atomic mass is 9.79. The Bertz CT molecular complexity index is 1230. The van der Waals surface area contributed by atoms with E-state index >= 15 is 4.39 Å². The van der Waals surface area contributed by atoms with Crippen LogP contribution in [0.5, 0.6) is 0 Å². The van der Waals surface area contributed by atoms with Gasteiger partial charge in [0.05, 0.1) is 0 Å². The van der Waals surface area contributed by atoms with Gasteiger partial charge in [0.25, 0.3) is 5.91 Å². The molecule has 4 amide bonds. The van der Waals surface area contributed by atoms with Gasteiger partial charge in [0.1, 0.15) is 18.1 Å². The number of nitrogens with one attached hydrogen (secondary N) is 2. The second-order valence-electron chi connectivity index (χ2n) is 9.53. The van der Waals surface area contributed by atoms with Gasteiger partial charge in [-0.15, -0.1) is 0 Å². The van der Waals surface area contributed by atoms with Crippen LogP contribution < -0.4 is 15.5 Å². The summed E-state index contributed by atoms with van der Waals surface area (Å²) < 4.78 is 15.1. The van der Waals surface area contributed by atoms with E-state index < -0.39 is 30.2 Å². The minimum atomic E-state index is -0.738. The number of fused-ring (bicyclic) bond motifs is 1. The van der Waals surface area contributed by atoms with Crippen molar-refractivity contribution in [2.45, 2.75) is 45.6 Å². The summed E-state index contributed by atoms with van der Waals surface area (Å²) in [5.41, 5.74) is 2.35. The summed E-state index contributed by atoms with van der Waals surface area (Å²) >= 11 is 5.84. The van der Waals surface area contributed by atoms with Gasteiger partial charge in [-0.1, -0.05) is 18.5 Å². The molecule has 1 unspecified atom stereocenters. The van der Waals surface area contributed by atoms with E-state index in [9.17, 15) is 14.4 Å². The molecule has 35 heavy (non-hydrogen) atoms. The number of nitrogens with zero attached hydrogens (tertiary/aromatic N) is 2. The van der Waals surface area contributed by atoms with Gasteiger partial charge in [-0.2, -0.15) is 0 Å². The first-order chi connectivity index (χ1) is 16.5. The molecule has 0 aliphatic carbocycles. The molecule has 0 saturated carbocycles. The first kappa shape index (κ1) is 24.7. The molecule has 1 saturated heterocycles. The maximum absolute atomic E-state index is 15.1. The number of imide groups is 1. The molecule has 2 aliphatic heterocycles. The number of rotatable bonds is 5. The Hall–Kier alpha value is -3.39. The minimum Gasteiger partial charge on any atom is -0.366 e. The van der Waals surface area contributed by atoms with Crippen molar-refractivity contribution in [3.8, 4) is 0 Å². The highest BCUT2D eigenvalue weighted by atomic mass is 35.5. The van der Waals surface area contributed by atoms with Gasteiger partial charge in [-0.05, 0) is 81.1 Å². The Morgan fingerprint density at radius 3 is 2.60 bits per heavy atom. The highest BCUT2D eigenvalue weighted by molar-refractivity contribution is 6.30. The zero-order valence-corrected chi connectivity index (χ0v) is 20.9. The molecule has 9 heteroatoms. The number of amides is 4. The molecule has 0 bridgehead atoms. The van der Waals surface area contributed by atoms with Gasteiger partial charge < -0.3 is 15.5 Å². The van der Waals surface area contributed by atoms with Crippen molar-refractivity contribution in [3.63, 3.8) is 0 Å². The van der Waals surface area contributed by atoms with Crippen molar-refractivity contribution >= 4 is 46.9 Å². The Kier molecular flexibility index (Phi) is 6.60. The fourth-order valence-corrected chi connectivity index (χ4v) is 5.10. The van der Waals surface area contributed by atoms with Crippen molar-refractivity contribution in [1.82, 2.24) is 10.2 Å². The van der Waals surface area contributed by atoms with Gasteiger partial charge in [-0.3, -0.25) is 9.59 Å². The number of benzene rings is 2. The van der Waals surface area contributed by atoms with Crippen LogP contribution in [-0.2, 0) is 9.59 Å². The fourth-order valence-electron chi connectivity index (χ4n) is 4.98. The predicted molar refractivity (Wildman–Crippen MR) is 135 cm³/mol. The second kappa shape index (κ2) is 9.34. The lowest BCUT2D eigenvalue weighted by molar-refractivity contribution is -0.127. The number of anilines is 2. The number of urea groups is 1. The summed E-state index contributed by atoms with van der Waals surface area (Å²) in [5.74, 6) is -1.53. The van der Waals surface area contributed by atoms with Crippen LogP contribution in [0.2, 0.25) is 5.02 Å². The Balaban J connectivity index is 1.55. The highest BCUT2D eigenvalue weighted by Gasteiger charge is 2.37. The lowest BCUT2D eigenvalue weighted by Crippen LogP contribution is -2.48. The van der Waals surface area contributed by atoms with Crippen LogP contribution in [-0.4, -0.2) is 41.4 Å². The summed E-state index contributed by atoms with van der Waals surface area (Å²) in [4.78, 5) is 40.6. The topological polar surface area (TPSA) is 81.8 Å². The molecule has 2 aromatic rings. The number of carbonyl (C=O) groups excluding carboxylic acids is 3. The van der Waals surface area contributed by atoms with Crippen LogP contribution >= 0.6 is 11.6 Å². The Morgan fingerprint density at radius 1 is 1.26 bits per heavy atom. The molecule has 2 aliphatic rings. The van der Waals surface area contributed by atoms with E-state index in [1.807, 2.05) is 6.92 Å². The third kappa shape index (κ3) is 4.89. The van der Waals surface area contributed by atoms with Crippen LogP contribution in [0, 0.1) is 5.82 Å². The van der Waals surface area contributed by atoms with Crippen molar-refractivity contribution in [3.05, 3.63) is 64.1 Å². The number of halogens is 2. The van der Waals surface area contributed by atoms with E-state index in [0.717, 1.165) is 29.1 Å². The maximum atomic E-state index is 15.1. The van der Waals surface area contributed by atoms with E-state index in [2.05, 4.69) is 36.3 Å². The average molecular weight is 499 g/mol. The summed E-state index contributed by atoms with van der Waals surface area (Å²) in [6.07, 6.45) is 2.23. The van der Waals surface area contributed by atoms with Crippen molar-refractivity contribution in [2.75, 3.05) is 23.3 Å². The molecule has 2 heterocycles. The zero-order chi connectivity index (χ0) is 25.5. The first-order valence-electron chi connectivity index (χ1n) is 11.5. The molecular formula is C26H28ClFN4O3. The standard InChI is InChI=1S/C26H28ClFN4O3/c1-5-32-22-12-20(28)16(10-19(22)15(2)13-26(32,3)4)11-21-24(34)31(25(35)30-21)14-23(33)29-18-8-6-17(27)7-9-18/h6-12,15H,5,13-14H2,1-4H3,(H,29,33)(H,30,35)/b21-11+. The summed E-state index contributed by atoms with van der Waals surface area (Å²) in [6.45, 7) is 8.71. The molecular weight excluding hydrogens is 471 g/mol. The number of hydrogen-bond donors (Lipinski definition) is 2. The SMILES string of the molecule is CCN1c2cc(F)c(/C=C3/NC(=O)N(CC(=O)Nc4ccc(Cl)cc4)C3=O)cc2C(C)CC1(C)C. The number of carbonyl (C=O) groups is 3. The Labute approximate surface area is 208 Å². The molecule has 4 rings (SSSR count). The van der Waals surface area contributed by atoms with Gasteiger partial charge in [0.2, 0.25) is 5.91 Å². The predicted octanol–water partition coefficient (Wildman–Crippen LogP) is 5.12. The summed E-state index contributed by atoms with van der Waals surface area (Å²) in [7, 11) is 0. The van der Waals surface area contributed by atoms with Crippen molar-refractivity contribution in [1.29, 1.82) is 0 Å². The second-order valence-corrected chi connectivity index (χ2v) is 9.97. The normalized spacial score (nSPS) is 20.2. The molecule has 1 fully saturated rings. The van der Waals surface area contributed by atoms with E-state index in [1.54, 1.807) is 30.3 Å². The fraction of sp³-hybridized carbons (Fsp3) is 0.346. The average Bonchev–Trinajstić information content (AvgIpc) is 3.03. The van der Waals surface area contributed by atoms with E-state index in [-0.39, 0.29) is 22.7 Å². The van der Waals surface area contributed by atoms with Crippen LogP contribution in [0.15, 0.2) is 42.1 Å². The highest BCUT2D eigenvalue weighted by Crippen LogP contribution is 2.44. The van der Waals surface area contributed by atoms with Gasteiger partial charge in [0, 0.05) is 34.0 Å². The molecule has 0 radical (unpaired) electrons. The van der Waals surface area contributed by atoms with Crippen LogP contribution in [0.3, 0.4) is 0 Å². The van der Waals surface area contributed by atoms with Crippen molar-refractivity contribution in [2.24, 2.45) is 0 Å². The monoisotopic (exact) mass is 498 g/mol. The van der Waals surface area contributed by atoms with Crippen molar-refractivity contribution < 1.29 is 18.8 Å². The molecule has 7 nitrogen and oxygen atoms in total. The first-order valence-corrected chi connectivity index (χ1v) is 11.9. The number of hydrogen-bond acceptors (Lipinski definition) is 4. The molecule has 2 N–H and O–H groups in total. The molecule has 1 atom stereocenters. The summed E-state index contributed by atoms with van der Waals surface area (Å²) in [5, 5.41) is 5.58. The minimum absolute atomic E-state index is 0.0794. The maximum Gasteiger partial charge on any atom is 0.329 e.